The van der Waals surface area contributed by atoms with Gasteiger partial charge < -0.3 is 15.9 Å². The molecule has 0 spiro atoms. The van der Waals surface area contributed by atoms with E-state index in [1.54, 1.807) is 12.1 Å². The summed E-state index contributed by atoms with van der Waals surface area (Å²) in [5, 5.41) is 20.1. The average Bonchev–Trinajstić information content (AvgIpc) is 2.38. The molecule has 0 aliphatic heterocycles. The van der Waals surface area contributed by atoms with E-state index in [0.717, 1.165) is 31.2 Å². The predicted octanol–water partition coefficient (Wildman–Crippen LogP) is 2.45. The van der Waals surface area contributed by atoms with Crippen molar-refractivity contribution in [3.63, 3.8) is 0 Å². The molecule has 2 unspecified atom stereocenters. The van der Waals surface area contributed by atoms with Gasteiger partial charge >= 0.3 is 0 Å². The molecule has 1 aliphatic rings. The van der Waals surface area contributed by atoms with Crippen LogP contribution in [0.4, 0.5) is 0 Å². The van der Waals surface area contributed by atoms with Gasteiger partial charge in [0.2, 0.25) is 0 Å². The standard InChI is InChI=1S/C16H25NO2/c1-15(2)8-3-9-16(11-17,14(15)19)10-12-4-6-13(18)7-5-12/h4-7,14,18-19H,3,8-11,17H2,1-2H3. The minimum atomic E-state index is -0.382. The topological polar surface area (TPSA) is 66.5 Å². The summed E-state index contributed by atoms with van der Waals surface area (Å²) in [5.74, 6) is 0.273. The highest BCUT2D eigenvalue weighted by atomic mass is 16.3. The van der Waals surface area contributed by atoms with E-state index in [-0.39, 0.29) is 22.7 Å². The summed E-state index contributed by atoms with van der Waals surface area (Å²) in [5.41, 5.74) is 6.83. The van der Waals surface area contributed by atoms with E-state index in [9.17, 15) is 10.2 Å². The van der Waals surface area contributed by atoms with Crippen LogP contribution in [0.15, 0.2) is 24.3 Å². The molecule has 1 aliphatic carbocycles. The molecule has 19 heavy (non-hydrogen) atoms. The van der Waals surface area contributed by atoms with Crippen molar-refractivity contribution in [2.24, 2.45) is 16.6 Å². The van der Waals surface area contributed by atoms with E-state index in [0.29, 0.717) is 6.54 Å². The van der Waals surface area contributed by atoms with Crippen LogP contribution in [0.25, 0.3) is 0 Å². The second kappa shape index (κ2) is 5.14. The van der Waals surface area contributed by atoms with Crippen LogP contribution in [0.2, 0.25) is 0 Å². The number of phenolic OH excluding ortho intramolecular Hbond substituents is 1. The van der Waals surface area contributed by atoms with Gasteiger partial charge in [-0.05, 0) is 42.4 Å². The van der Waals surface area contributed by atoms with E-state index in [1.165, 1.54) is 0 Å². The number of aromatic hydroxyl groups is 1. The Labute approximate surface area is 115 Å². The highest BCUT2D eigenvalue weighted by Crippen LogP contribution is 2.47. The quantitative estimate of drug-likeness (QED) is 0.784. The summed E-state index contributed by atoms with van der Waals surface area (Å²) in [6, 6.07) is 7.22. The first kappa shape index (κ1) is 14.4. The van der Waals surface area contributed by atoms with Crippen molar-refractivity contribution >= 4 is 0 Å². The molecule has 1 aromatic carbocycles. The molecule has 0 bridgehead atoms. The molecule has 106 valence electrons. The molecule has 0 heterocycles. The van der Waals surface area contributed by atoms with Gasteiger partial charge in [0.05, 0.1) is 6.10 Å². The molecular formula is C16H25NO2. The molecule has 1 saturated carbocycles. The van der Waals surface area contributed by atoms with Gasteiger partial charge in [0.1, 0.15) is 5.75 Å². The summed E-state index contributed by atoms with van der Waals surface area (Å²) < 4.78 is 0. The van der Waals surface area contributed by atoms with Crippen molar-refractivity contribution in [3.05, 3.63) is 29.8 Å². The maximum Gasteiger partial charge on any atom is 0.115 e. The molecular weight excluding hydrogens is 238 g/mol. The van der Waals surface area contributed by atoms with Crippen molar-refractivity contribution in [1.82, 2.24) is 0 Å². The first-order valence-electron chi connectivity index (χ1n) is 7.06. The summed E-state index contributed by atoms with van der Waals surface area (Å²) >= 11 is 0. The van der Waals surface area contributed by atoms with Crippen molar-refractivity contribution in [2.45, 2.75) is 45.6 Å². The second-order valence-corrected chi connectivity index (χ2v) is 6.65. The molecule has 3 heteroatoms. The number of benzene rings is 1. The van der Waals surface area contributed by atoms with Gasteiger partial charge in [-0.2, -0.15) is 0 Å². The largest absolute Gasteiger partial charge is 0.508 e. The second-order valence-electron chi connectivity index (χ2n) is 6.65. The molecule has 0 amide bonds. The fraction of sp³-hybridized carbons (Fsp3) is 0.625. The van der Waals surface area contributed by atoms with E-state index in [1.807, 2.05) is 12.1 Å². The number of rotatable bonds is 3. The number of aliphatic hydroxyl groups excluding tert-OH is 1. The lowest BCUT2D eigenvalue weighted by Crippen LogP contribution is -2.53. The molecule has 0 radical (unpaired) electrons. The van der Waals surface area contributed by atoms with Gasteiger partial charge in [0.25, 0.3) is 0 Å². The van der Waals surface area contributed by atoms with Crippen LogP contribution in [0, 0.1) is 10.8 Å². The predicted molar refractivity (Wildman–Crippen MR) is 76.9 cm³/mol. The fourth-order valence-corrected chi connectivity index (χ4v) is 3.49. The Morgan fingerprint density at radius 1 is 1.21 bits per heavy atom. The van der Waals surface area contributed by atoms with E-state index in [4.69, 9.17) is 5.73 Å². The van der Waals surface area contributed by atoms with Gasteiger partial charge in [-0.1, -0.05) is 32.4 Å². The Morgan fingerprint density at radius 3 is 2.42 bits per heavy atom. The Kier molecular flexibility index (Phi) is 3.88. The lowest BCUT2D eigenvalue weighted by molar-refractivity contribution is -0.0884. The first-order chi connectivity index (χ1) is 8.89. The number of phenols is 1. The fourth-order valence-electron chi connectivity index (χ4n) is 3.49. The van der Waals surface area contributed by atoms with E-state index in [2.05, 4.69) is 13.8 Å². The molecule has 0 saturated heterocycles. The van der Waals surface area contributed by atoms with Crippen LogP contribution in [0.5, 0.6) is 5.75 Å². The third kappa shape index (κ3) is 2.77. The van der Waals surface area contributed by atoms with Gasteiger partial charge in [0.15, 0.2) is 0 Å². The highest BCUT2D eigenvalue weighted by molar-refractivity contribution is 5.27. The molecule has 4 N–H and O–H groups in total. The van der Waals surface area contributed by atoms with E-state index < -0.39 is 0 Å². The Hall–Kier alpha value is -1.06. The monoisotopic (exact) mass is 263 g/mol. The zero-order chi connectivity index (χ0) is 14.1. The Morgan fingerprint density at radius 2 is 1.84 bits per heavy atom. The molecule has 0 aromatic heterocycles. The summed E-state index contributed by atoms with van der Waals surface area (Å²) in [6.45, 7) is 4.74. The lowest BCUT2D eigenvalue weighted by atomic mass is 9.59. The normalized spacial score (nSPS) is 30.2. The van der Waals surface area contributed by atoms with Crippen molar-refractivity contribution in [3.8, 4) is 5.75 Å². The van der Waals surface area contributed by atoms with Crippen LogP contribution < -0.4 is 5.73 Å². The van der Waals surface area contributed by atoms with Crippen LogP contribution in [-0.4, -0.2) is 22.9 Å². The zero-order valence-electron chi connectivity index (χ0n) is 11.9. The van der Waals surface area contributed by atoms with E-state index >= 15 is 0 Å². The van der Waals surface area contributed by atoms with Gasteiger partial charge in [0, 0.05) is 12.0 Å². The third-order valence-electron chi connectivity index (χ3n) is 4.72. The molecule has 1 aromatic rings. The third-order valence-corrected chi connectivity index (χ3v) is 4.72. The van der Waals surface area contributed by atoms with Gasteiger partial charge in [-0.3, -0.25) is 0 Å². The molecule has 1 fully saturated rings. The smallest absolute Gasteiger partial charge is 0.115 e. The van der Waals surface area contributed by atoms with Crippen molar-refractivity contribution in [2.75, 3.05) is 6.54 Å². The maximum absolute atomic E-state index is 10.7. The van der Waals surface area contributed by atoms with Crippen LogP contribution in [-0.2, 0) is 6.42 Å². The Bertz CT molecular complexity index is 427. The van der Waals surface area contributed by atoms with Crippen molar-refractivity contribution < 1.29 is 10.2 Å². The molecule has 2 rings (SSSR count). The summed E-state index contributed by atoms with van der Waals surface area (Å²) in [7, 11) is 0. The van der Waals surface area contributed by atoms with Gasteiger partial charge in [-0.15, -0.1) is 0 Å². The Balaban J connectivity index is 2.24. The minimum Gasteiger partial charge on any atom is -0.508 e. The first-order valence-corrected chi connectivity index (χ1v) is 7.06. The number of nitrogens with two attached hydrogens (primary N) is 1. The maximum atomic E-state index is 10.7. The molecule has 2 atom stereocenters. The van der Waals surface area contributed by atoms with Gasteiger partial charge in [-0.25, -0.2) is 0 Å². The summed E-state index contributed by atoms with van der Waals surface area (Å²) in [4.78, 5) is 0. The number of hydrogen-bond donors (Lipinski definition) is 3. The average molecular weight is 263 g/mol. The number of aliphatic hydroxyl groups is 1. The lowest BCUT2D eigenvalue weighted by Gasteiger charge is -2.49. The van der Waals surface area contributed by atoms with Crippen LogP contribution in [0.1, 0.15) is 38.7 Å². The van der Waals surface area contributed by atoms with Crippen LogP contribution >= 0.6 is 0 Å². The summed E-state index contributed by atoms with van der Waals surface area (Å²) in [6.07, 6.45) is 3.52. The highest BCUT2D eigenvalue weighted by Gasteiger charge is 2.47. The number of hydrogen-bond acceptors (Lipinski definition) is 3. The zero-order valence-corrected chi connectivity index (χ0v) is 11.9. The molecule has 3 nitrogen and oxygen atoms in total. The van der Waals surface area contributed by atoms with Crippen LogP contribution in [0.3, 0.4) is 0 Å². The minimum absolute atomic E-state index is 0.0749. The van der Waals surface area contributed by atoms with Crippen molar-refractivity contribution in [1.29, 1.82) is 0 Å². The SMILES string of the molecule is CC1(C)CCCC(CN)(Cc2ccc(O)cc2)C1O.